The number of benzene rings is 2. The number of H-pyrrole nitrogens is 2. The number of nitrogens with zero attached hydrogens (tertiary/aromatic N) is 7. The van der Waals surface area contributed by atoms with E-state index >= 15 is 0 Å². The van der Waals surface area contributed by atoms with Gasteiger partial charge in [0, 0.05) is 169 Å². The smallest absolute Gasteiger partial charge is 0.252 e. The molecule has 84 heavy (non-hydrogen) atoms. The highest BCUT2D eigenvalue weighted by Crippen LogP contribution is 2.40. The third kappa shape index (κ3) is 14.2. The van der Waals surface area contributed by atoms with Gasteiger partial charge in [-0.2, -0.15) is 0 Å². The van der Waals surface area contributed by atoms with Crippen LogP contribution in [0.5, 0.6) is 0 Å². The van der Waals surface area contributed by atoms with Crippen molar-refractivity contribution in [1.29, 1.82) is 0 Å². The summed E-state index contributed by atoms with van der Waals surface area (Å²) in [6, 6.07) is 16.1. The number of amides is 4. The second kappa shape index (κ2) is 25.8. The molecule has 6 aliphatic heterocycles. The number of morpholine rings is 2. The van der Waals surface area contributed by atoms with Crippen molar-refractivity contribution in [2.75, 3.05) is 135 Å². The normalized spacial score (nSPS) is 24.6. The van der Waals surface area contributed by atoms with Crippen LogP contribution in [0.15, 0.2) is 70.3 Å². The van der Waals surface area contributed by atoms with Gasteiger partial charge >= 0.3 is 0 Å². The van der Waals surface area contributed by atoms with Crippen molar-refractivity contribution in [3.63, 3.8) is 0 Å². The largest absolute Gasteiger partial charge is 0.366 e. The second-order valence-electron chi connectivity index (χ2n) is 25.5. The maximum atomic E-state index is 14.4. The van der Waals surface area contributed by atoms with E-state index in [1.165, 1.54) is 24.3 Å². The van der Waals surface area contributed by atoms with Crippen LogP contribution in [-0.4, -0.2) is 219 Å². The Bertz CT molecular complexity index is 3160. The molecule has 0 aliphatic carbocycles. The minimum atomic E-state index is -0.680. The summed E-state index contributed by atoms with van der Waals surface area (Å²) in [5, 5.41) is 10.2. The van der Waals surface area contributed by atoms with Gasteiger partial charge < -0.3 is 50.1 Å². The molecule has 4 saturated heterocycles. The molecule has 10 rings (SSSR count). The molecule has 2 unspecified atom stereocenters. The zero-order valence-electron chi connectivity index (χ0n) is 49.7. The molecule has 2 aromatic heterocycles. The number of rotatable bonds is 18. The molecule has 4 fully saturated rings. The van der Waals surface area contributed by atoms with Gasteiger partial charge in [-0.05, 0) is 67.8 Å². The Morgan fingerprint density at radius 2 is 1.10 bits per heavy atom. The van der Waals surface area contributed by atoms with Crippen LogP contribution in [0.2, 0.25) is 0 Å². The average molecular weight is 1160 g/mol. The molecule has 8 heterocycles. The summed E-state index contributed by atoms with van der Waals surface area (Å²) >= 11 is 0. The number of carbonyl (C=O) groups is 4. The number of aromatic amines is 2. The molecule has 2 aromatic carbocycles. The fraction of sp³-hybridized carbons (Fsp3) is 0.581. The molecule has 454 valence electrons. The molecule has 6 aliphatic rings. The summed E-state index contributed by atoms with van der Waals surface area (Å²) in [6.45, 7) is 21.0. The molecule has 0 radical (unpaired) electrons. The highest BCUT2D eigenvalue weighted by molar-refractivity contribution is 5.98. The van der Waals surface area contributed by atoms with Crippen LogP contribution in [0.4, 0.5) is 20.2 Å². The predicted molar refractivity (Wildman–Crippen MR) is 317 cm³/mol. The SMILES string of the molecule is C[C@@H]1CN(CC(=O)N2CC(C)(C)c3[nH]c(=O)c(Cc4ccc(F)cc4)cc32)[C@@H](CN2CCOC(C(=O)NCCCN(C)C(=O)C3CN(C[C@H]4CN[C@H](C)CN4CC(=O)N4CC(C)(C)c5[nH]c(=O)c(Cc6ccc(F)cc6)cc54)CCO3)C2)CN1. The third-order valence-electron chi connectivity index (χ3n) is 17.7. The lowest BCUT2D eigenvalue weighted by atomic mass is 9.91. The molecule has 20 nitrogen and oxygen atoms in total. The van der Waals surface area contributed by atoms with Crippen molar-refractivity contribution in [3.05, 3.63) is 127 Å². The van der Waals surface area contributed by atoms with Crippen molar-refractivity contribution < 1.29 is 37.4 Å². The molecule has 0 bridgehead atoms. The zero-order valence-corrected chi connectivity index (χ0v) is 49.7. The number of hydrogen-bond donors (Lipinski definition) is 5. The third-order valence-corrected chi connectivity index (χ3v) is 17.7. The Balaban J connectivity index is 0.676. The van der Waals surface area contributed by atoms with Crippen molar-refractivity contribution >= 4 is 35.0 Å². The lowest BCUT2D eigenvalue weighted by Gasteiger charge is -2.43. The van der Waals surface area contributed by atoms with Crippen LogP contribution in [0.3, 0.4) is 0 Å². The van der Waals surface area contributed by atoms with E-state index in [1.807, 2.05) is 39.8 Å². The fourth-order valence-corrected chi connectivity index (χ4v) is 13.0. The van der Waals surface area contributed by atoms with E-state index in [0.29, 0.717) is 147 Å². The van der Waals surface area contributed by atoms with Gasteiger partial charge in [0.05, 0.1) is 37.7 Å². The number of fused-ring (bicyclic) bond motifs is 2. The summed E-state index contributed by atoms with van der Waals surface area (Å²) in [4.78, 5) is 103. The number of nitrogens with one attached hydrogen (secondary N) is 5. The van der Waals surface area contributed by atoms with Gasteiger partial charge in [0.25, 0.3) is 17.0 Å². The number of ether oxygens (including phenoxy) is 2. The number of piperazine rings is 2. The van der Waals surface area contributed by atoms with Gasteiger partial charge in [-0.3, -0.25) is 48.4 Å². The van der Waals surface area contributed by atoms with Crippen LogP contribution in [0.1, 0.15) is 81.6 Å². The Morgan fingerprint density at radius 1 is 0.655 bits per heavy atom. The van der Waals surface area contributed by atoms with Gasteiger partial charge in [-0.1, -0.05) is 52.0 Å². The van der Waals surface area contributed by atoms with Crippen molar-refractivity contribution in [1.82, 2.24) is 50.4 Å². The summed E-state index contributed by atoms with van der Waals surface area (Å²) in [5.41, 5.74) is 4.06. The first kappa shape index (κ1) is 60.9. The molecule has 0 spiro atoms. The molecule has 6 atom stereocenters. The van der Waals surface area contributed by atoms with E-state index in [-0.39, 0.29) is 83.6 Å². The molecule has 22 heteroatoms. The minimum Gasteiger partial charge on any atom is -0.366 e. The van der Waals surface area contributed by atoms with Crippen LogP contribution in [0, 0.1) is 11.6 Å². The topological polar surface area (TPSA) is 211 Å². The fourth-order valence-electron chi connectivity index (χ4n) is 13.0. The number of carbonyl (C=O) groups excluding carboxylic acids is 4. The first-order valence-electron chi connectivity index (χ1n) is 29.9. The van der Waals surface area contributed by atoms with Gasteiger partial charge in [-0.15, -0.1) is 0 Å². The molecule has 0 saturated carbocycles. The number of likely N-dealkylation sites (N-methyl/N-ethyl adjacent to an activating group) is 1. The monoisotopic (exact) mass is 1160 g/mol. The summed E-state index contributed by atoms with van der Waals surface area (Å²) in [7, 11) is 1.76. The summed E-state index contributed by atoms with van der Waals surface area (Å²) in [6.07, 6.45) is -0.209. The Labute approximate surface area is 490 Å². The van der Waals surface area contributed by atoms with Gasteiger partial charge in [0.15, 0.2) is 0 Å². The van der Waals surface area contributed by atoms with E-state index < -0.39 is 23.0 Å². The predicted octanol–water partition coefficient (Wildman–Crippen LogP) is 2.16. The molecular formula is C62H84F2N12O8. The molecule has 4 aromatic rings. The standard InChI is InChI=1S/C62H84F2N12O8/c1-39-29-73(35-53(77)75-37-61(3,4)55-49(75)25-43(57(79)68-55)23-41-9-13-45(63)14-10-41)47(27-66-39)31-71-19-21-83-51(33-71)59(81)65-17-8-18-70(7)60(82)52-34-72(20-22-84-52)32-48-28-67-40(2)30-74(48)36-54(78)76-38-62(5,6)56-50(76)26-44(58(80)69-56)24-42-11-15-46(64)16-12-42/h9-16,25-26,39-40,47-48,51-52,66-67H,8,17-24,27-38H2,1-7H3,(H,65,81)(H,68,79)(H,69,80)/t39-,40-,47-,48-,51?,52?/m1/s1. The molecule has 4 amide bonds. The van der Waals surface area contributed by atoms with Crippen molar-refractivity contribution in [3.8, 4) is 0 Å². The zero-order chi connectivity index (χ0) is 59.6. The first-order valence-corrected chi connectivity index (χ1v) is 29.9. The number of pyridine rings is 2. The van der Waals surface area contributed by atoms with E-state index in [9.17, 15) is 37.5 Å². The maximum absolute atomic E-state index is 14.4. The lowest BCUT2D eigenvalue weighted by molar-refractivity contribution is -0.148. The van der Waals surface area contributed by atoms with E-state index in [0.717, 1.165) is 22.5 Å². The molecular weight excluding hydrogens is 1080 g/mol. The van der Waals surface area contributed by atoms with E-state index in [1.54, 1.807) is 46.0 Å². The summed E-state index contributed by atoms with van der Waals surface area (Å²) in [5.74, 6) is -1.16. The number of anilines is 2. The van der Waals surface area contributed by atoms with Crippen molar-refractivity contribution in [2.24, 2.45) is 0 Å². The Hall–Kier alpha value is -6.24. The average Bonchev–Trinajstić information content (AvgIpc) is 3.14. The minimum absolute atomic E-state index is 0.0150. The van der Waals surface area contributed by atoms with Gasteiger partial charge in [0.2, 0.25) is 17.7 Å². The van der Waals surface area contributed by atoms with Crippen molar-refractivity contribution in [2.45, 2.75) is 108 Å². The quantitative estimate of drug-likeness (QED) is 0.0906. The Kier molecular flexibility index (Phi) is 18.7. The van der Waals surface area contributed by atoms with Crippen LogP contribution < -0.4 is 36.9 Å². The highest BCUT2D eigenvalue weighted by atomic mass is 19.1. The number of hydrogen-bond acceptors (Lipinski definition) is 14. The Morgan fingerprint density at radius 3 is 1.56 bits per heavy atom. The van der Waals surface area contributed by atoms with Crippen LogP contribution in [-0.2, 0) is 52.3 Å². The number of aromatic nitrogens is 2. The van der Waals surface area contributed by atoms with E-state index in [4.69, 9.17) is 9.47 Å². The first-order chi connectivity index (χ1) is 40.1. The van der Waals surface area contributed by atoms with Crippen LogP contribution >= 0.6 is 0 Å². The van der Waals surface area contributed by atoms with Gasteiger partial charge in [0.1, 0.15) is 23.8 Å². The highest BCUT2D eigenvalue weighted by Gasteiger charge is 2.43. The summed E-state index contributed by atoms with van der Waals surface area (Å²) < 4.78 is 39.4. The van der Waals surface area contributed by atoms with Crippen LogP contribution in [0.25, 0.3) is 0 Å². The van der Waals surface area contributed by atoms with E-state index in [2.05, 4.69) is 59.4 Å². The van der Waals surface area contributed by atoms with Gasteiger partial charge in [-0.25, -0.2) is 8.78 Å². The number of halogens is 2. The lowest BCUT2D eigenvalue weighted by Crippen LogP contribution is -2.62. The molecule has 5 N–H and O–H groups in total. The maximum Gasteiger partial charge on any atom is 0.252 e. The second-order valence-corrected chi connectivity index (χ2v) is 25.5.